The quantitative estimate of drug-likeness (QED) is 0.572. The highest BCUT2D eigenvalue weighted by atomic mass is 19.1. The van der Waals surface area contributed by atoms with Crippen LogP contribution >= 0.6 is 0 Å². The molecule has 0 unspecified atom stereocenters. The van der Waals surface area contributed by atoms with E-state index in [0.717, 1.165) is 17.9 Å². The lowest BCUT2D eigenvalue weighted by molar-refractivity contribution is 0.433. The van der Waals surface area contributed by atoms with E-state index >= 15 is 0 Å². The summed E-state index contributed by atoms with van der Waals surface area (Å²) in [5, 5.41) is 10.3. The van der Waals surface area contributed by atoms with E-state index in [1.165, 1.54) is 28.5 Å². The zero-order chi connectivity index (χ0) is 17.5. The third-order valence-electron chi connectivity index (χ3n) is 5.09. The molecule has 0 radical (unpaired) electrons. The number of aromatic nitrogens is 3. The summed E-state index contributed by atoms with van der Waals surface area (Å²) in [4.78, 5) is 4.37. The van der Waals surface area contributed by atoms with E-state index in [9.17, 15) is 4.39 Å². The third-order valence-corrected chi connectivity index (χ3v) is 5.09. The molecule has 1 aliphatic rings. The van der Waals surface area contributed by atoms with Crippen LogP contribution in [0.4, 0.5) is 10.3 Å². The van der Waals surface area contributed by atoms with Crippen molar-refractivity contribution in [2.45, 2.75) is 18.5 Å². The molecule has 1 aliphatic heterocycles. The van der Waals surface area contributed by atoms with Crippen molar-refractivity contribution in [2.75, 3.05) is 5.32 Å². The molecule has 4 nitrogen and oxygen atoms in total. The molecule has 0 amide bonds. The molecule has 2 heterocycles. The van der Waals surface area contributed by atoms with Crippen molar-refractivity contribution in [2.24, 2.45) is 0 Å². The van der Waals surface area contributed by atoms with Crippen molar-refractivity contribution in [1.82, 2.24) is 14.8 Å². The van der Waals surface area contributed by atoms with Crippen molar-refractivity contribution in [3.05, 3.63) is 90.0 Å². The monoisotopic (exact) mass is 344 g/mol. The molecule has 2 atom stereocenters. The highest BCUT2D eigenvalue weighted by molar-refractivity contribution is 5.86. The van der Waals surface area contributed by atoms with Gasteiger partial charge in [-0.3, -0.25) is 0 Å². The van der Waals surface area contributed by atoms with Gasteiger partial charge in [0, 0.05) is 0 Å². The standard InChI is InChI=1S/C21H17FN4/c22-16-10-8-15(9-11-16)19-12-20(26-21(25-19)23-13-24-26)18-7-3-5-14-4-1-2-6-17(14)18/h1-11,13,19-20H,12H2,(H,23,24,25)/t19-,20-/m0/s1. The first kappa shape index (κ1) is 15.1. The van der Waals surface area contributed by atoms with Crippen LogP contribution in [0.2, 0.25) is 0 Å². The molecule has 128 valence electrons. The molecular weight excluding hydrogens is 327 g/mol. The van der Waals surface area contributed by atoms with Gasteiger partial charge in [0.15, 0.2) is 0 Å². The molecule has 0 aliphatic carbocycles. The maximum Gasteiger partial charge on any atom is 0.222 e. The molecule has 1 N–H and O–H groups in total. The number of fused-ring (bicyclic) bond motifs is 2. The number of nitrogens with zero attached hydrogens (tertiary/aromatic N) is 3. The van der Waals surface area contributed by atoms with Crippen molar-refractivity contribution >= 4 is 16.7 Å². The summed E-state index contributed by atoms with van der Waals surface area (Å²) in [6, 6.07) is 21.5. The van der Waals surface area contributed by atoms with Gasteiger partial charge in [0.2, 0.25) is 5.95 Å². The van der Waals surface area contributed by atoms with Crippen molar-refractivity contribution in [3.8, 4) is 0 Å². The van der Waals surface area contributed by atoms with Crippen LogP contribution in [0.3, 0.4) is 0 Å². The summed E-state index contributed by atoms with van der Waals surface area (Å²) in [7, 11) is 0. The lowest BCUT2D eigenvalue weighted by Crippen LogP contribution is -2.28. The first-order chi connectivity index (χ1) is 12.8. The summed E-state index contributed by atoms with van der Waals surface area (Å²) >= 11 is 0. The summed E-state index contributed by atoms with van der Waals surface area (Å²) < 4.78 is 15.3. The number of halogens is 1. The molecular formula is C21H17FN4. The van der Waals surface area contributed by atoms with Gasteiger partial charge in [0.1, 0.15) is 12.1 Å². The molecule has 5 rings (SSSR count). The highest BCUT2D eigenvalue weighted by Crippen LogP contribution is 2.39. The first-order valence-corrected chi connectivity index (χ1v) is 8.69. The van der Waals surface area contributed by atoms with Crippen LogP contribution in [0.1, 0.15) is 29.6 Å². The SMILES string of the molecule is Fc1ccc([C@@H]2C[C@@H](c3cccc4ccccc34)n3ncnc3N2)cc1. The van der Waals surface area contributed by atoms with E-state index in [-0.39, 0.29) is 17.9 Å². The number of anilines is 1. The molecule has 0 spiro atoms. The fourth-order valence-electron chi connectivity index (χ4n) is 3.83. The van der Waals surface area contributed by atoms with Crippen LogP contribution in [-0.2, 0) is 0 Å². The van der Waals surface area contributed by atoms with Gasteiger partial charge < -0.3 is 5.32 Å². The first-order valence-electron chi connectivity index (χ1n) is 8.69. The topological polar surface area (TPSA) is 42.7 Å². The Morgan fingerprint density at radius 3 is 2.65 bits per heavy atom. The summed E-state index contributed by atoms with van der Waals surface area (Å²) in [6.45, 7) is 0. The lowest BCUT2D eigenvalue weighted by Gasteiger charge is -2.32. The van der Waals surface area contributed by atoms with Crippen molar-refractivity contribution < 1.29 is 4.39 Å². The van der Waals surface area contributed by atoms with Gasteiger partial charge in [-0.05, 0) is 40.5 Å². The predicted octanol–water partition coefficient (Wildman–Crippen LogP) is 4.72. The van der Waals surface area contributed by atoms with Crippen molar-refractivity contribution in [3.63, 3.8) is 0 Å². The molecule has 4 aromatic rings. The number of benzene rings is 3. The highest BCUT2D eigenvalue weighted by Gasteiger charge is 2.30. The van der Waals surface area contributed by atoms with E-state index in [0.29, 0.717) is 0 Å². The summed E-state index contributed by atoms with van der Waals surface area (Å²) in [5.74, 6) is 0.516. The van der Waals surface area contributed by atoms with Gasteiger partial charge in [0.25, 0.3) is 0 Å². The fraction of sp³-hybridized carbons (Fsp3) is 0.143. The number of hydrogen-bond donors (Lipinski definition) is 1. The number of hydrogen-bond acceptors (Lipinski definition) is 3. The van der Waals surface area contributed by atoms with Crippen molar-refractivity contribution in [1.29, 1.82) is 0 Å². The Balaban J connectivity index is 1.62. The molecule has 1 aromatic heterocycles. The lowest BCUT2D eigenvalue weighted by atomic mass is 9.90. The average molecular weight is 344 g/mol. The second kappa shape index (κ2) is 5.95. The molecule has 26 heavy (non-hydrogen) atoms. The summed E-state index contributed by atoms with van der Waals surface area (Å²) in [6.07, 6.45) is 2.39. The minimum atomic E-state index is -0.224. The average Bonchev–Trinajstić information content (AvgIpc) is 3.16. The maximum absolute atomic E-state index is 13.3. The fourth-order valence-corrected chi connectivity index (χ4v) is 3.83. The zero-order valence-electron chi connectivity index (χ0n) is 14.0. The Labute approximate surface area is 150 Å². The summed E-state index contributed by atoms with van der Waals surface area (Å²) in [5.41, 5.74) is 2.27. The molecule has 0 bridgehead atoms. The zero-order valence-corrected chi connectivity index (χ0v) is 14.0. The van der Waals surface area contributed by atoms with Crippen LogP contribution in [-0.4, -0.2) is 14.8 Å². The van der Waals surface area contributed by atoms with Gasteiger partial charge >= 0.3 is 0 Å². The molecule has 0 saturated heterocycles. The number of rotatable bonds is 2. The molecule has 0 fully saturated rings. The van der Waals surface area contributed by atoms with E-state index in [1.54, 1.807) is 6.33 Å². The Morgan fingerprint density at radius 2 is 1.77 bits per heavy atom. The third kappa shape index (κ3) is 2.44. The maximum atomic E-state index is 13.3. The minimum Gasteiger partial charge on any atom is -0.348 e. The second-order valence-electron chi connectivity index (χ2n) is 6.60. The normalized spacial score (nSPS) is 19.1. The van der Waals surface area contributed by atoms with Crippen LogP contribution in [0.25, 0.3) is 10.8 Å². The predicted molar refractivity (Wildman–Crippen MR) is 99.5 cm³/mol. The minimum absolute atomic E-state index is 0.0521. The Kier molecular flexibility index (Phi) is 3.45. The Hall–Kier alpha value is -3.21. The Morgan fingerprint density at radius 1 is 0.962 bits per heavy atom. The van der Waals surface area contributed by atoms with Gasteiger partial charge in [-0.2, -0.15) is 10.1 Å². The molecule has 0 saturated carbocycles. The molecule has 5 heteroatoms. The van der Waals surface area contributed by atoms with Gasteiger partial charge in [-0.15, -0.1) is 0 Å². The number of nitrogens with one attached hydrogen (secondary N) is 1. The van der Waals surface area contributed by atoms with Gasteiger partial charge in [-0.1, -0.05) is 54.6 Å². The van der Waals surface area contributed by atoms with Crippen LogP contribution in [0.15, 0.2) is 73.1 Å². The molecule has 3 aromatic carbocycles. The Bertz CT molecular complexity index is 1070. The van der Waals surface area contributed by atoms with Crippen LogP contribution in [0, 0.1) is 5.82 Å². The van der Waals surface area contributed by atoms with Gasteiger partial charge in [-0.25, -0.2) is 9.07 Å². The van der Waals surface area contributed by atoms with E-state index in [4.69, 9.17) is 0 Å². The van der Waals surface area contributed by atoms with E-state index < -0.39 is 0 Å². The smallest absolute Gasteiger partial charge is 0.222 e. The van der Waals surface area contributed by atoms with Crippen LogP contribution < -0.4 is 5.32 Å². The van der Waals surface area contributed by atoms with Crippen LogP contribution in [0.5, 0.6) is 0 Å². The van der Waals surface area contributed by atoms with E-state index in [1.807, 2.05) is 16.8 Å². The second-order valence-corrected chi connectivity index (χ2v) is 6.60. The van der Waals surface area contributed by atoms with Gasteiger partial charge in [0.05, 0.1) is 12.1 Å². The largest absolute Gasteiger partial charge is 0.348 e. The van der Waals surface area contributed by atoms with E-state index in [2.05, 4.69) is 57.9 Å².